The summed E-state index contributed by atoms with van der Waals surface area (Å²) in [5.41, 5.74) is -1.59. The molecule has 1 unspecified atom stereocenters. The quantitative estimate of drug-likeness (QED) is 0.490. The molecule has 34 heavy (non-hydrogen) atoms. The van der Waals surface area contributed by atoms with Crippen molar-refractivity contribution < 1.29 is 34.8 Å². The van der Waals surface area contributed by atoms with Crippen LogP contribution in [-0.4, -0.2) is 56.3 Å². The van der Waals surface area contributed by atoms with Crippen molar-refractivity contribution in [1.82, 2.24) is 0 Å². The van der Waals surface area contributed by atoms with Crippen LogP contribution >= 0.6 is 0 Å². The van der Waals surface area contributed by atoms with E-state index in [9.17, 15) is 29.7 Å². The fourth-order valence-corrected chi connectivity index (χ4v) is 7.52. The molecule has 190 valence electrons. The fourth-order valence-electron chi connectivity index (χ4n) is 7.52. The minimum Gasteiger partial charge on any atom is -0.481 e. The molecule has 4 rings (SSSR count). The van der Waals surface area contributed by atoms with Gasteiger partial charge in [-0.25, -0.2) is 0 Å². The Kier molecular flexibility index (Phi) is 7.34. The van der Waals surface area contributed by atoms with Crippen molar-refractivity contribution in [2.75, 3.05) is 6.61 Å². The van der Waals surface area contributed by atoms with Gasteiger partial charge in [-0.15, -0.1) is 0 Å². The second kappa shape index (κ2) is 9.32. The van der Waals surface area contributed by atoms with E-state index < -0.39 is 35.5 Å². The molecular formula is C27H40O7. The van der Waals surface area contributed by atoms with Crippen LogP contribution in [0, 0.1) is 40.4 Å². The highest BCUT2D eigenvalue weighted by atomic mass is 16.4. The van der Waals surface area contributed by atoms with Crippen LogP contribution in [-0.2, 0) is 14.4 Å². The van der Waals surface area contributed by atoms with Gasteiger partial charge in [0.15, 0.2) is 11.6 Å². The number of Topliss-reactive ketones (excluding diaryl/α,β-unsaturated/α-hetero) is 1. The van der Waals surface area contributed by atoms with Gasteiger partial charge in [0.1, 0.15) is 12.2 Å². The summed E-state index contributed by atoms with van der Waals surface area (Å²) in [6.07, 6.45) is 7.59. The Morgan fingerprint density at radius 2 is 1.91 bits per heavy atom. The number of hydrogen-bond donors (Lipinski definition) is 4. The van der Waals surface area contributed by atoms with Crippen LogP contribution in [0.2, 0.25) is 0 Å². The normalized spacial score (nSPS) is 43.5. The minimum absolute atomic E-state index is 0.00620. The van der Waals surface area contributed by atoms with Gasteiger partial charge in [0.05, 0.1) is 12.0 Å². The molecule has 4 aliphatic carbocycles. The zero-order valence-electron chi connectivity index (χ0n) is 21.0. The highest BCUT2D eigenvalue weighted by molar-refractivity contribution is 6.01. The average molecular weight is 477 g/mol. The molecule has 7 nitrogen and oxygen atoms in total. The first kappa shape index (κ1) is 26.8. The third kappa shape index (κ3) is 3.99. The maximum Gasteiger partial charge on any atom is 0.306 e. The van der Waals surface area contributed by atoms with E-state index in [0.717, 1.165) is 24.8 Å². The summed E-state index contributed by atoms with van der Waals surface area (Å²) < 4.78 is 0. The standard InChI is InChI=1S/C22H30O5.C5H10O2/c1-12-8-14-15-5-7-22(27,18(26)11-23)21(15,3)10-17(25)19(14)20(2)6-4-13(24)9-16(12)20;1-3-4(2)5(6)7/h4,6,9,12,14-15,17,19,23,25,27H,5,7-8,10-11H2,1-3H3;4H,3H2,1-2H3,(H,6,7)/t12-,14-,15-,17-,19+,20-,21-,22-;/m0./s1. The fraction of sp³-hybridized carbons (Fsp3) is 0.741. The summed E-state index contributed by atoms with van der Waals surface area (Å²) in [5, 5.41) is 40.0. The predicted octanol–water partition coefficient (Wildman–Crippen LogP) is 2.92. The molecule has 0 heterocycles. The smallest absolute Gasteiger partial charge is 0.306 e. The van der Waals surface area contributed by atoms with Crippen molar-refractivity contribution in [3.8, 4) is 0 Å². The van der Waals surface area contributed by atoms with E-state index in [1.165, 1.54) is 0 Å². The summed E-state index contributed by atoms with van der Waals surface area (Å²) >= 11 is 0. The van der Waals surface area contributed by atoms with Crippen LogP contribution in [0.1, 0.15) is 66.7 Å². The zero-order chi connectivity index (χ0) is 25.6. The van der Waals surface area contributed by atoms with Crippen LogP contribution in [0.15, 0.2) is 23.8 Å². The Morgan fingerprint density at radius 1 is 1.26 bits per heavy atom. The molecule has 0 aromatic carbocycles. The Balaban J connectivity index is 0.000000406. The lowest BCUT2D eigenvalue weighted by molar-refractivity contribution is -0.180. The van der Waals surface area contributed by atoms with Crippen molar-refractivity contribution in [2.24, 2.45) is 40.4 Å². The van der Waals surface area contributed by atoms with Gasteiger partial charge in [0.2, 0.25) is 0 Å². The zero-order valence-corrected chi connectivity index (χ0v) is 21.0. The molecule has 3 fully saturated rings. The number of aliphatic hydroxyl groups excluding tert-OH is 2. The molecule has 0 aliphatic heterocycles. The maximum atomic E-state index is 12.4. The molecule has 0 aromatic heterocycles. The Hall–Kier alpha value is -1.83. The van der Waals surface area contributed by atoms with Gasteiger partial charge in [0, 0.05) is 16.7 Å². The van der Waals surface area contributed by atoms with E-state index in [-0.39, 0.29) is 40.8 Å². The van der Waals surface area contributed by atoms with Crippen molar-refractivity contribution in [3.63, 3.8) is 0 Å². The second-order valence-electron chi connectivity index (χ2n) is 11.4. The van der Waals surface area contributed by atoms with Crippen LogP contribution in [0.5, 0.6) is 0 Å². The first-order valence-electron chi connectivity index (χ1n) is 12.5. The summed E-state index contributed by atoms with van der Waals surface area (Å²) in [6.45, 7) is 9.04. The topological polar surface area (TPSA) is 132 Å². The monoisotopic (exact) mass is 476 g/mol. The van der Waals surface area contributed by atoms with E-state index in [1.807, 2.05) is 19.9 Å². The summed E-state index contributed by atoms with van der Waals surface area (Å²) in [4.78, 5) is 34.3. The third-order valence-corrected chi connectivity index (χ3v) is 9.61. The van der Waals surface area contributed by atoms with E-state index in [4.69, 9.17) is 5.11 Å². The van der Waals surface area contributed by atoms with E-state index in [2.05, 4.69) is 13.8 Å². The maximum absolute atomic E-state index is 12.4. The van der Waals surface area contributed by atoms with Crippen LogP contribution in [0.4, 0.5) is 0 Å². The van der Waals surface area contributed by atoms with Crippen LogP contribution in [0.25, 0.3) is 0 Å². The molecule has 0 radical (unpaired) electrons. The Bertz CT molecular complexity index is 907. The molecule has 0 aromatic rings. The van der Waals surface area contributed by atoms with E-state index in [1.54, 1.807) is 19.1 Å². The summed E-state index contributed by atoms with van der Waals surface area (Å²) in [7, 11) is 0. The van der Waals surface area contributed by atoms with Crippen molar-refractivity contribution in [2.45, 2.75) is 78.4 Å². The minimum atomic E-state index is -1.57. The molecule has 0 amide bonds. The number of carboxylic acid groups (broad SMARTS) is 1. The first-order chi connectivity index (χ1) is 15.8. The van der Waals surface area contributed by atoms with Crippen molar-refractivity contribution in [3.05, 3.63) is 23.8 Å². The summed E-state index contributed by atoms with van der Waals surface area (Å²) in [5.74, 6) is -0.963. The number of allylic oxidation sites excluding steroid dienone is 4. The second-order valence-corrected chi connectivity index (χ2v) is 11.4. The van der Waals surface area contributed by atoms with Gasteiger partial charge >= 0.3 is 5.97 Å². The molecule has 4 N–H and O–H groups in total. The number of aliphatic hydroxyl groups is 3. The highest BCUT2D eigenvalue weighted by Crippen LogP contribution is 2.67. The number of rotatable bonds is 4. The van der Waals surface area contributed by atoms with Crippen molar-refractivity contribution in [1.29, 1.82) is 0 Å². The number of hydrogen-bond acceptors (Lipinski definition) is 6. The lowest BCUT2D eigenvalue weighted by Gasteiger charge is -2.60. The first-order valence-corrected chi connectivity index (χ1v) is 12.5. The van der Waals surface area contributed by atoms with Crippen molar-refractivity contribution >= 4 is 17.5 Å². The van der Waals surface area contributed by atoms with E-state index in [0.29, 0.717) is 12.8 Å². The molecule has 0 spiro atoms. The number of carboxylic acids is 1. The molecule has 0 bridgehead atoms. The number of ketones is 2. The van der Waals surface area contributed by atoms with Gasteiger partial charge in [-0.1, -0.05) is 46.3 Å². The van der Waals surface area contributed by atoms with Crippen LogP contribution in [0.3, 0.4) is 0 Å². The highest BCUT2D eigenvalue weighted by Gasteiger charge is 2.68. The lowest BCUT2D eigenvalue weighted by atomic mass is 9.45. The molecule has 3 saturated carbocycles. The third-order valence-electron chi connectivity index (χ3n) is 9.61. The van der Waals surface area contributed by atoms with Gasteiger partial charge in [-0.2, -0.15) is 0 Å². The number of carbonyl (C=O) groups is 3. The number of aliphatic carboxylic acids is 1. The van der Waals surface area contributed by atoms with Gasteiger partial charge in [0.25, 0.3) is 0 Å². The average Bonchev–Trinajstić information content (AvgIpc) is 3.05. The Morgan fingerprint density at radius 3 is 2.44 bits per heavy atom. The number of carbonyl (C=O) groups excluding carboxylic acids is 2. The molecular weight excluding hydrogens is 436 g/mol. The molecule has 0 saturated heterocycles. The Labute approximate surface area is 201 Å². The summed E-state index contributed by atoms with van der Waals surface area (Å²) in [6, 6.07) is 0. The SMILES string of the molecule is CCC(C)C(=O)O.C[C@H]1C[C@@H]2[C@H]([C@@H](O)C[C@@]3(C)[C@H]2CC[C@]3(O)C(=O)CO)[C@@]2(C)C=CC(=O)C=C12. The van der Waals surface area contributed by atoms with Gasteiger partial charge in [-0.05, 0) is 62.0 Å². The number of fused-ring (bicyclic) bond motifs is 5. The van der Waals surface area contributed by atoms with Crippen LogP contribution < -0.4 is 0 Å². The molecule has 4 aliphatic rings. The molecule has 9 atom stereocenters. The van der Waals surface area contributed by atoms with Gasteiger partial charge < -0.3 is 20.4 Å². The predicted molar refractivity (Wildman–Crippen MR) is 127 cm³/mol. The lowest BCUT2D eigenvalue weighted by Crippen LogP contribution is -2.62. The largest absolute Gasteiger partial charge is 0.481 e. The van der Waals surface area contributed by atoms with Gasteiger partial charge in [-0.3, -0.25) is 14.4 Å². The van der Waals surface area contributed by atoms with E-state index >= 15 is 0 Å². The molecule has 7 heteroatoms.